The predicted molar refractivity (Wildman–Crippen MR) is 69.9 cm³/mol. The van der Waals surface area contributed by atoms with Crippen LogP contribution in [-0.4, -0.2) is 11.3 Å². The highest BCUT2D eigenvalue weighted by Crippen LogP contribution is 2.30. The lowest BCUT2D eigenvalue weighted by Crippen LogP contribution is -2.39. The summed E-state index contributed by atoms with van der Waals surface area (Å²) < 4.78 is 0. The van der Waals surface area contributed by atoms with Crippen molar-refractivity contribution < 1.29 is 4.79 Å². The Labute approximate surface area is 103 Å². The molecule has 1 fully saturated rings. The molecule has 0 aromatic heterocycles. The molecule has 0 bridgehead atoms. The predicted octanol–water partition coefficient (Wildman–Crippen LogP) is 2.77. The van der Waals surface area contributed by atoms with Crippen LogP contribution in [0.25, 0.3) is 0 Å². The molecule has 2 rings (SSSR count). The second kappa shape index (κ2) is 5.01. The van der Waals surface area contributed by atoms with Crippen molar-refractivity contribution in [2.75, 3.05) is 0 Å². The largest absolute Gasteiger partial charge is 0.325 e. The Hall–Kier alpha value is -1.15. The molecule has 1 aliphatic carbocycles. The van der Waals surface area contributed by atoms with E-state index in [0.717, 1.165) is 18.4 Å². The average molecular weight is 231 g/mol. The summed E-state index contributed by atoms with van der Waals surface area (Å²) in [7, 11) is 0. The summed E-state index contributed by atoms with van der Waals surface area (Å²) in [5, 5.41) is 0. The van der Waals surface area contributed by atoms with Crippen molar-refractivity contribution in [1.82, 2.24) is 0 Å². The van der Waals surface area contributed by atoms with E-state index in [2.05, 4.69) is 19.1 Å². The van der Waals surface area contributed by atoms with Gasteiger partial charge in [-0.1, -0.05) is 42.7 Å². The minimum absolute atomic E-state index is 0.207. The van der Waals surface area contributed by atoms with Gasteiger partial charge in [0, 0.05) is 18.4 Å². The van der Waals surface area contributed by atoms with Gasteiger partial charge in [0.25, 0.3) is 0 Å². The lowest BCUT2D eigenvalue weighted by Gasteiger charge is -2.22. The van der Waals surface area contributed by atoms with Crippen molar-refractivity contribution in [2.45, 2.75) is 51.0 Å². The topological polar surface area (TPSA) is 43.1 Å². The molecule has 0 saturated heterocycles. The number of carbonyl (C=O) groups is 1. The number of ketones is 1. The Balaban J connectivity index is 1.91. The van der Waals surface area contributed by atoms with Gasteiger partial charge in [-0.15, -0.1) is 0 Å². The zero-order valence-corrected chi connectivity index (χ0v) is 10.5. The van der Waals surface area contributed by atoms with Crippen LogP contribution in [0, 0.1) is 6.92 Å². The maximum Gasteiger partial charge on any atom is 0.139 e. The maximum atomic E-state index is 12.0. The van der Waals surface area contributed by atoms with Gasteiger partial charge in [-0.05, 0) is 25.3 Å². The third kappa shape index (κ3) is 3.40. The Morgan fingerprint density at radius 1 is 1.24 bits per heavy atom. The molecule has 0 spiro atoms. The average Bonchev–Trinajstić information content (AvgIpc) is 2.68. The molecular weight excluding hydrogens is 210 g/mol. The van der Waals surface area contributed by atoms with Gasteiger partial charge in [-0.3, -0.25) is 4.79 Å². The van der Waals surface area contributed by atoms with Crippen molar-refractivity contribution in [3.63, 3.8) is 0 Å². The lowest BCUT2D eigenvalue weighted by atomic mass is 9.90. The molecule has 2 nitrogen and oxygen atoms in total. The number of Topliss-reactive ketones (excluding diaryl/α,β-unsaturated/α-hetero) is 1. The fourth-order valence-corrected chi connectivity index (χ4v) is 2.64. The normalized spacial score (nSPS) is 18.2. The minimum atomic E-state index is -0.207. The molecule has 0 amide bonds. The molecule has 2 heteroatoms. The number of carbonyl (C=O) groups excluding carboxylic acids is 1. The second-order valence-corrected chi connectivity index (χ2v) is 5.45. The van der Waals surface area contributed by atoms with Crippen LogP contribution in [0.15, 0.2) is 24.3 Å². The molecule has 0 unspecified atom stereocenters. The SMILES string of the molecule is Cc1ccc(CC(=O)CC2(N)CCCC2)cc1. The van der Waals surface area contributed by atoms with E-state index in [1.807, 2.05) is 12.1 Å². The standard InChI is InChI=1S/C15H21NO/c1-12-4-6-13(7-5-12)10-14(17)11-15(16)8-2-3-9-15/h4-7H,2-3,8-11,16H2,1H3. The van der Waals surface area contributed by atoms with Gasteiger partial charge in [0.1, 0.15) is 5.78 Å². The zero-order valence-electron chi connectivity index (χ0n) is 10.5. The Bertz CT molecular complexity index is 388. The van der Waals surface area contributed by atoms with Crippen molar-refractivity contribution in [3.05, 3.63) is 35.4 Å². The molecule has 1 aromatic rings. The quantitative estimate of drug-likeness (QED) is 0.866. The highest BCUT2D eigenvalue weighted by Gasteiger charge is 2.31. The smallest absolute Gasteiger partial charge is 0.139 e. The number of nitrogens with two attached hydrogens (primary N) is 1. The highest BCUT2D eigenvalue weighted by molar-refractivity contribution is 5.82. The summed E-state index contributed by atoms with van der Waals surface area (Å²) in [6.45, 7) is 2.05. The lowest BCUT2D eigenvalue weighted by molar-refractivity contribution is -0.119. The molecule has 92 valence electrons. The van der Waals surface area contributed by atoms with E-state index in [1.165, 1.54) is 18.4 Å². The van der Waals surface area contributed by atoms with E-state index in [-0.39, 0.29) is 11.3 Å². The van der Waals surface area contributed by atoms with Crippen LogP contribution in [0.1, 0.15) is 43.2 Å². The van der Waals surface area contributed by atoms with Gasteiger partial charge in [-0.25, -0.2) is 0 Å². The van der Waals surface area contributed by atoms with Crippen molar-refractivity contribution in [1.29, 1.82) is 0 Å². The number of hydrogen-bond acceptors (Lipinski definition) is 2. The molecule has 0 heterocycles. The minimum Gasteiger partial charge on any atom is -0.325 e. The van der Waals surface area contributed by atoms with Crippen molar-refractivity contribution >= 4 is 5.78 Å². The first kappa shape index (κ1) is 12.3. The summed E-state index contributed by atoms with van der Waals surface area (Å²) in [6.07, 6.45) is 5.43. The summed E-state index contributed by atoms with van der Waals surface area (Å²) in [5.41, 5.74) is 8.34. The number of rotatable bonds is 4. The Morgan fingerprint density at radius 3 is 2.41 bits per heavy atom. The first-order valence-electron chi connectivity index (χ1n) is 6.44. The molecule has 0 atom stereocenters. The van der Waals surface area contributed by atoms with E-state index in [9.17, 15) is 4.79 Å². The fourth-order valence-electron chi connectivity index (χ4n) is 2.64. The molecule has 2 N–H and O–H groups in total. The van der Waals surface area contributed by atoms with Crippen molar-refractivity contribution in [2.24, 2.45) is 5.73 Å². The van der Waals surface area contributed by atoms with Crippen LogP contribution in [0.3, 0.4) is 0 Å². The first-order valence-corrected chi connectivity index (χ1v) is 6.44. The third-order valence-electron chi connectivity index (χ3n) is 3.67. The number of aryl methyl sites for hydroxylation is 1. The van der Waals surface area contributed by atoms with Gasteiger partial charge in [0.05, 0.1) is 0 Å². The van der Waals surface area contributed by atoms with Gasteiger partial charge >= 0.3 is 0 Å². The van der Waals surface area contributed by atoms with E-state index in [1.54, 1.807) is 0 Å². The van der Waals surface area contributed by atoms with Crippen LogP contribution >= 0.6 is 0 Å². The number of hydrogen-bond donors (Lipinski definition) is 1. The Kier molecular flexibility index (Phi) is 3.63. The molecule has 1 aliphatic rings. The third-order valence-corrected chi connectivity index (χ3v) is 3.67. The van der Waals surface area contributed by atoms with E-state index >= 15 is 0 Å². The summed E-state index contributed by atoms with van der Waals surface area (Å²) in [5.74, 6) is 0.276. The molecule has 0 aliphatic heterocycles. The van der Waals surface area contributed by atoms with E-state index in [4.69, 9.17) is 5.73 Å². The van der Waals surface area contributed by atoms with Gasteiger partial charge in [-0.2, -0.15) is 0 Å². The van der Waals surface area contributed by atoms with Crippen LogP contribution in [-0.2, 0) is 11.2 Å². The molecule has 0 radical (unpaired) electrons. The van der Waals surface area contributed by atoms with E-state index in [0.29, 0.717) is 12.8 Å². The summed E-state index contributed by atoms with van der Waals surface area (Å²) in [6, 6.07) is 8.17. The maximum absolute atomic E-state index is 12.0. The molecule has 1 aromatic carbocycles. The van der Waals surface area contributed by atoms with Crippen LogP contribution < -0.4 is 5.73 Å². The van der Waals surface area contributed by atoms with Crippen LogP contribution in [0.5, 0.6) is 0 Å². The van der Waals surface area contributed by atoms with Crippen LogP contribution in [0.4, 0.5) is 0 Å². The summed E-state index contributed by atoms with van der Waals surface area (Å²) in [4.78, 5) is 12.0. The molecular formula is C15H21NO. The fraction of sp³-hybridized carbons (Fsp3) is 0.533. The van der Waals surface area contributed by atoms with Gasteiger partial charge in [0.15, 0.2) is 0 Å². The summed E-state index contributed by atoms with van der Waals surface area (Å²) >= 11 is 0. The van der Waals surface area contributed by atoms with Gasteiger partial charge < -0.3 is 5.73 Å². The van der Waals surface area contributed by atoms with E-state index < -0.39 is 0 Å². The first-order chi connectivity index (χ1) is 8.07. The molecule has 1 saturated carbocycles. The monoisotopic (exact) mass is 231 g/mol. The van der Waals surface area contributed by atoms with Crippen LogP contribution in [0.2, 0.25) is 0 Å². The second-order valence-electron chi connectivity index (χ2n) is 5.45. The zero-order chi connectivity index (χ0) is 12.3. The molecule has 17 heavy (non-hydrogen) atoms. The Morgan fingerprint density at radius 2 is 1.82 bits per heavy atom. The number of benzene rings is 1. The van der Waals surface area contributed by atoms with Gasteiger partial charge in [0.2, 0.25) is 0 Å². The highest BCUT2D eigenvalue weighted by atomic mass is 16.1. The van der Waals surface area contributed by atoms with Crippen molar-refractivity contribution in [3.8, 4) is 0 Å².